The molecule has 8 heteroatoms. The molecule has 1 amide bonds. The second-order valence-corrected chi connectivity index (χ2v) is 5.98. The van der Waals surface area contributed by atoms with E-state index in [1.807, 2.05) is 17.5 Å². The zero-order valence-corrected chi connectivity index (χ0v) is 13.6. The number of amides is 1. The molecule has 3 rings (SSSR count). The lowest BCUT2D eigenvalue weighted by Crippen LogP contribution is -2.26. The number of hydrogen-bond donors (Lipinski definition) is 2. The van der Waals surface area contributed by atoms with Gasteiger partial charge in [0.15, 0.2) is 0 Å². The number of nitrogens with one attached hydrogen (secondary N) is 1. The van der Waals surface area contributed by atoms with Gasteiger partial charge >= 0.3 is 0 Å². The maximum absolute atomic E-state index is 12.7. The number of rotatable bonds is 6. The minimum atomic E-state index is -0.430. The van der Waals surface area contributed by atoms with Crippen molar-refractivity contribution in [2.75, 3.05) is 13.2 Å². The van der Waals surface area contributed by atoms with E-state index < -0.39 is 5.91 Å². The van der Waals surface area contributed by atoms with Crippen LogP contribution in [0.4, 0.5) is 0 Å². The fraction of sp³-hybridized carbons (Fsp3) is 0.188. The highest BCUT2D eigenvalue weighted by molar-refractivity contribution is 7.13. The first-order valence-corrected chi connectivity index (χ1v) is 8.20. The molecule has 24 heavy (non-hydrogen) atoms. The first-order chi connectivity index (χ1) is 11.7. The molecule has 0 fully saturated rings. The van der Waals surface area contributed by atoms with E-state index in [1.54, 1.807) is 21.2 Å². The number of nitrogens with zero attached hydrogens (tertiary/aromatic N) is 3. The van der Waals surface area contributed by atoms with Gasteiger partial charge in [-0.05, 0) is 11.4 Å². The van der Waals surface area contributed by atoms with Gasteiger partial charge in [0, 0.05) is 25.5 Å². The van der Waals surface area contributed by atoms with E-state index in [2.05, 4.69) is 16.9 Å². The molecule has 0 saturated heterocycles. The molecule has 3 aromatic rings. The van der Waals surface area contributed by atoms with Crippen LogP contribution in [-0.4, -0.2) is 38.1 Å². The van der Waals surface area contributed by atoms with Crippen molar-refractivity contribution in [3.63, 3.8) is 0 Å². The Morgan fingerprint density at radius 2 is 2.29 bits per heavy atom. The van der Waals surface area contributed by atoms with Crippen LogP contribution in [-0.2, 0) is 6.54 Å². The summed E-state index contributed by atoms with van der Waals surface area (Å²) >= 11 is 1.52. The van der Waals surface area contributed by atoms with Crippen molar-refractivity contribution < 1.29 is 9.90 Å². The van der Waals surface area contributed by atoms with Crippen molar-refractivity contribution in [1.29, 1.82) is 0 Å². The van der Waals surface area contributed by atoms with Gasteiger partial charge in [0.1, 0.15) is 5.69 Å². The Hall–Kier alpha value is -2.71. The number of aromatic nitrogens is 3. The third kappa shape index (κ3) is 2.89. The van der Waals surface area contributed by atoms with E-state index in [0.717, 1.165) is 10.6 Å². The number of aliphatic hydroxyl groups excluding tert-OH is 1. The monoisotopic (exact) mass is 344 g/mol. The maximum atomic E-state index is 12.7. The molecule has 3 heterocycles. The van der Waals surface area contributed by atoms with Crippen LogP contribution in [0.25, 0.3) is 16.2 Å². The molecule has 0 radical (unpaired) electrons. The lowest BCUT2D eigenvalue weighted by atomic mass is 10.3. The summed E-state index contributed by atoms with van der Waals surface area (Å²) in [6.07, 6.45) is 4.94. The summed E-state index contributed by atoms with van der Waals surface area (Å²) in [4.78, 5) is 29.8. The van der Waals surface area contributed by atoms with Gasteiger partial charge in [-0.1, -0.05) is 12.1 Å². The van der Waals surface area contributed by atoms with Gasteiger partial charge in [0.25, 0.3) is 11.5 Å². The Kier molecular flexibility index (Phi) is 4.59. The van der Waals surface area contributed by atoms with E-state index in [-0.39, 0.29) is 30.1 Å². The van der Waals surface area contributed by atoms with Crippen molar-refractivity contribution in [1.82, 2.24) is 19.3 Å². The van der Waals surface area contributed by atoms with Crippen molar-refractivity contribution in [2.45, 2.75) is 6.54 Å². The van der Waals surface area contributed by atoms with Gasteiger partial charge < -0.3 is 10.4 Å². The number of allylic oxidation sites excluding steroid dienone is 1. The Balaban J connectivity index is 2.15. The van der Waals surface area contributed by atoms with Crippen molar-refractivity contribution in [2.24, 2.45) is 0 Å². The molecule has 124 valence electrons. The Morgan fingerprint density at radius 3 is 2.96 bits per heavy atom. The molecule has 0 aliphatic heterocycles. The van der Waals surface area contributed by atoms with Crippen LogP contribution in [0.15, 0.2) is 47.4 Å². The number of fused-ring (bicyclic) bond motifs is 1. The van der Waals surface area contributed by atoms with Crippen LogP contribution in [0.1, 0.15) is 10.5 Å². The van der Waals surface area contributed by atoms with Crippen LogP contribution in [0.2, 0.25) is 0 Å². The molecule has 0 aliphatic rings. The summed E-state index contributed by atoms with van der Waals surface area (Å²) < 4.78 is 3.14. The van der Waals surface area contributed by atoms with Crippen molar-refractivity contribution >= 4 is 22.9 Å². The second kappa shape index (κ2) is 6.81. The van der Waals surface area contributed by atoms with E-state index in [1.165, 1.54) is 17.5 Å². The van der Waals surface area contributed by atoms with Crippen LogP contribution >= 0.6 is 11.3 Å². The Morgan fingerprint density at radius 1 is 1.46 bits per heavy atom. The summed E-state index contributed by atoms with van der Waals surface area (Å²) in [6, 6.07) is 3.84. The minimum Gasteiger partial charge on any atom is -0.395 e. The van der Waals surface area contributed by atoms with Crippen LogP contribution in [0, 0.1) is 0 Å². The van der Waals surface area contributed by atoms with Gasteiger partial charge in [0.05, 0.1) is 17.2 Å². The SMILES string of the molecule is C=CCn1c(-c2cccs2)cn2cc(C(=O)NCCO)nc2c1=O. The molecule has 2 N–H and O–H groups in total. The Labute approximate surface area is 141 Å². The molecule has 0 aromatic carbocycles. The lowest BCUT2D eigenvalue weighted by Gasteiger charge is -2.10. The van der Waals surface area contributed by atoms with Crippen LogP contribution in [0.5, 0.6) is 0 Å². The van der Waals surface area contributed by atoms with E-state index in [0.29, 0.717) is 6.54 Å². The third-order valence-electron chi connectivity index (χ3n) is 3.44. The maximum Gasteiger partial charge on any atom is 0.295 e. The average molecular weight is 344 g/mol. The largest absolute Gasteiger partial charge is 0.395 e. The number of carbonyl (C=O) groups is 1. The first-order valence-electron chi connectivity index (χ1n) is 7.32. The minimum absolute atomic E-state index is 0.133. The smallest absolute Gasteiger partial charge is 0.295 e. The summed E-state index contributed by atoms with van der Waals surface area (Å²) in [5, 5.41) is 13.2. The molecule has 0 aliphatic carbocycles. The van der Waals surface area contributed by atoms with Gasteiger partial charge in [-0.25, -0.2) is 4.98 Å². The molecule has 3 aromatic heterocycles. The summed E-state index contributed by atoms with van der Waals surface area (Å²) in [5.41, 5.74) is 0.754. The molecule has 0 spiro atoms. The summed E-state index contributed by atoms with van der Waals surface area (Å²) in [5.74, 6) is -0.430. The number of imidazole rings is 1. The van der Waals surface area contributed by atoms with E-state index >= 15 is 0 Å². The van der Waals surface area contributed by atoms with Crippen LogP contribution in [0.3, 0.4) is 0 Å². The second-order valence-electron chi connectivity index (χ2n) is 5.03. The topological polar surface area (TPSA) is 88.6 Å². The zero-order chi connectivity index (χ0) is 17.1. The van der Waals surface area contributed by atoms with Gasteiger partial charge in [-0.2, -0.15) is 0 Å². The normalized spacial score (nSPS) is 10.9. The summed E-state index contributed by atoms with van der Waals surface area (Å²) in [7, 11) is 0. The van der Waals surface area contributed by atoms with E-state index in [4.69, 9.17) is 5.11 Å². The first kappa shape index (κ1) is 16.2. The molecular weight excluding hydrogens is 328 g/mol. The molecular formula is C16H16N4O3S. The molecule has 7 nitrogen and oxygen atoms in total. The zero-order valence-electron chi connectivity index (χ0n) is 12.8. The average Bonchev–Trinajstić information content (AvgIpc) is 3.24. The fourth-order valence-corrected chi connectivity index (χ4v) is 3.13. The predicted molar refractivity (Wildman–Crippen MR) is 92.4 cm³/mol. The third-order valence-corrected chi connectivity index (χ3v) is 4.33. The molecule has 0 unspecified atom stereocenters. The number of carbonyl (C=O) groups excluding carboxylic acids is 1. The number of hydrogen-bond acceptors (Lipinski definition) is 5. The summed E-state index contributed by atoms with van der Waals surface area (Å²) in [6.45, 7) is 4.02. The Bertz CT molecular complexity index is 940. The standard InChI is InChI=1S/C16H16N4O3S/c1-2-6-20-12(13-4-3-8-24-13)10-19-9-11(15(22)17-5-7-21)18-14(19)16(20)23/h2-4,8-10,21H,1,5-7H2,(H,17,22). The lowest BCUT2D eigenvalue weighted by molar-refractivity contribution is 0.0940. The molecule has 0 atom stereocenters. The highest BCUT2D eigenvalue weighted by Crippen LogP contribution is 2.24. The van der Waals surface area contributed by atoms with Gasteiger partial charge in [0.2, 0.25) is 5.65 Å². The highest BCUT2D eigenvalue weighted by Gasteiger charge is 2.16. The number of thiophene rings is 1. The van der Waals surface area contributed by atoms with Crippen molar-refractivity contribution in [3.05, 3.63) is 58.6 Å². The highest BCUT2D eigenvalue weighted by atomic mass is 32.1. The van der Waals surface area contributed by atoms with E-state index in [9.17, 15) is 9.59 Å². The van der Waals surface area contributed by atoms with Crippen LogP contribution < -0.4 is 10.9 Å². The molecule has 0 bridgehead atoms. The van der Waals surface area contributed by atoms with Gasteiger partial charge in [-0.3, -0.25) is 18.6 Å². The van der Waals surface area contributed by atoms with Gasteiger partial charge in [-0.15, -0.1) is 17.9 Å². The fourth-order valence-electron chi connectivity index (χ4n) is 2.38. The quantitative estimate of drug-likeness (QED) is 0.656. The van der Waals surface area contributed by atoms with Crippen molar-refractivity contribution in [3.8, 4) is 10.6 Å². The molecule has 0 saturated carbocycles. The number of aliphatic hydroxyl groups is 1. The predicted octanol–water partition coefficient (Wildman–Crippen LogP) is 1.13.